The molecule has 0 aromatic carbocycles. The summed E-state index contributed by atoms with van der Waals surface area (Å²) >= 11 is 0. The number of aliphatic hydroxyl groups excluding tert-OH is 1. The molecule has 0 saturated heterocycles. The summed E-state index contributed by atoms with van der Waals surface area (Å²) in [7, 11) is 0. The van der Waals surface area contributed by atoms with Crippen molar-refractivity contribution in [2.45, 2.75) is 111 Å². The number of fused-ring (bicyclic) bond motifs is 4. The lowest BCUT2D eigenvalue weighted by Gasteiger charge is -2.55. The molecule has 4 aliphatic carbocycles. The minimum Gasteiger partial charge on any atom is -0.393 e. The Labute approximate surface area is 174 Å². The van der Waals surface area contributed by atoms with Gasteiger partial charge in [0.1, 0.15) is 0 Å². The third-order valence-electron chi connectivity index (χ3n) is 9.90. The van der Waals surface area contributed by atoms with E-state index in [9.17, 15) is 5.11 Å². The summed E-state index contributed by atoms with van der Waals surface area (Å²) in [5.74, 6) is 3.36. The van der Waals surface area contributed by atoms with Gasteiger partial charge in [0.2, 0.25) is 0 Å². The summed E-state index contributed by atoms with van der Waals surface area (Å²) < 4.78 is 0. The van der Waals surface area contributed by atoms with E-state index in [1.54, 1.807) is 0 Å². The Balaban J connectivity index is 1.55. The topological polar surface area (TPSA) is 20.2 Å². The van der Waals surface area contributed by atoms with Gasteiger partial charge in [0, 0.05) is 0 Å². The van der Waals surface area contributed by atoms with Crippen LogP contribution in [-0.4, -0.2) is 11.2 Å². The molecule has 0 aliphatic heterocycles. The van der Waals surface area contributed by atoms with E-state index in [1.807, 2.05) is 11.1 Å². The van der Waals surface area contributed by atoms with Crippen LogP contribution in [0.4, 0.5) is 0 Å². The van der Waals surface area contributed by atoms with Crippen molar-refractivity contribution in [2.75, 3.05) is 0 Å². The van der Waals surface area contributed by atoms with Crippen molar-refractivity contribution >= 4 is 0 Å². The highest BCUT2D eigenvalue weighted by Crippen LogP contribution is 2.65. The lowest BCUT2D eigenvalue weighted by molar-refractivity contribution is 0.0133. The Morgan fingerprint density at radius 1 is 1.11 bits per heavy atom. The van der Waals surface area contributed by atoms with Crippen molar-refractivity contribution < 1.29 is 5.11 Å². The molecule has 0 amide bonds. The maximum absolute atomic E-state index is 10.2. The predicted octanol–water partition coefficient (Wildman–Crippen LogP) is 7.45. The molecule has 28 heavy (non-hydrogen) atoms. The van der Waals surface area contributed by atoms with Crippen LogP contribution in [0.2, 0.25) is 0 Å². The maximum Gasteiger partial charge on any atom is 0.0543 e. The second-order valence-electron chi connectivity index (χ2n) is 11.7. The molecule has 0 bridgehead atoms. The Kier molecular flexibility index (Phi) is 5.62. The summed E-state index contributed by atoms with van der Waals surface area (Å²) in [6, 6.07) is 0. The molecule has 2 saturated carbocycles. The van der Waals surface area contributed by atoms with Gasteiger partial charge in [-0.25, -0.2) is 0 Å². The molecule has 0 spiro atoms. The van der Waals surface area contributed by atoms with E-state index < -0.39 is 0 Å². The molecule has 7 atom stereocenters. The largest absolute Gasteiger partial charge is 0.393 e. The Morgan fingerprint density at radius 2 is 1.89 bits per heavy atom. The fourth-order valence-electron chi connectivity index (χ4n) is 8.25. The molecular weight excluding hydrogens is 340 g/mol. The van der Waals surface area contributed by atoms with Gasteiger partial charge in [0.25, 0.3) is 0 Å². The lowest BCUT2D eigenvalue weighted by Crippen LogP contribution is -2.45. The van der Waals surface area contributed by atoms with Gasteiger partial charge in [-0.15, -0.1) is 0 Å². The van der Waals surface area contributed by atoms with Gasteiger partial charge >= 0.3 is 0 Å². The molecule has 158 valence electrons. The summed E-state index contributed by atoms with van der Waals surface area (Å²) in [5, 5.41) is 10.2. The predicted molar refractivity (Wildman–Crippen MR) is 119 cm³/mol. The number of rotatable bonds is 4. The van der Waals surface area contributed by atoms with Gasteiger partial charge in [0.05, 0.1) is 6.10 Å². The molecule has 0 radical (unpaired) electrons. The number of hydrogen-bond donors (Lipinski definition) is 1. The molecule has 5 unspecified atom stereocenters. The van der Waals surface area contributed by atoms with Gasteiger partial charge < -0.3 is 5.11 Å². The fraction of sp³-hybridized carbons (Fsp3) is 0.852. The third-order valence-corrected chi connectivity index (χ3v) is 9.90. The van der Waals surface area contributed by atoms with E-state index in [-0.39, 0.29) is 6.10 Å². The molecule has 1 N–H and O–H groups in total. The quantitative estimate of drug-likeness (QED) is 0.499. The highest BCUT2D eigenvalue weighted by molar-refractivity contribution is 5.34. The van der Waals surface area contributed by atoms with Gasteiger partial charge in [-0.3, -0.25) is 0 Å². The second-order valence-corrected chi connectivity index (χ2v) is 11.7. The van der Waals surface area contributed by atoms with E-state index in [2.05, 4.69) is 40.7 Å². The van der Waals surface area contributed by atoms with Crippen LogP contribution < -0.4 is 0 Å². The minimum atomic E-state index is -0.0356. The standard InChI is InChI=1S/C27H44O/c1-18(2)7-6-8-19(3)23-11-12-24-22-10-9-20-17-21(28)13-15-26(20,4)25(22)14-16-27(23,24)5/h7,19-21,23-24,28H,6,8-17H2,1-5H3/t19?,20-,21-,23?,24?,26?,27?/m0/s1. The fourth-order valence-corrected chi connectivity index (χ4v) is 8.25. The molecular formula is C27H44O. The van der Waals surface area contributed by atoms with E-state index in [4.69, 9.17) is 0 Å². The molecule has 2 fully saturated rings. The van der Waals surface area contributed by atoms with Crippen molar-refractivity contribution in [3.05, 3.63) is 22.8 Å². The van der Waals surface area contributed by atoms with Crippen LogP contribution in [0, 0.1) is 34.5 Å². The third kappa shape index (κ3) is 3.34. The number of aliphatic hydroxyl groups is 1. The average Bonchev–Trinajstić information content (AvgIpc) is 2.99. The van der Waals surface area contributed by atoms with Crippen LogP contribution in [0.25, 0.3) is 0 Å². The van der Waals surface area contributed by atoms with E-state index in [0.717, 1.165) is 36.5 Å². The Morgan fingerprint density at radius 3 is 2.64 bits per heavy atom. The molecule has 4 rings (SSSR count). The van der Waals surface area contributed by atoms with Gasteiger partial charge in [-0.1, -0.05) is 43.6 Å². The molecule has 0 heterocycles. The van der Waals surface area contributed by atoms with Crippen molar-refractivity contribution in [3.63, 3.8) is 0 Å². The zero-order chi connectivity index (χ0) is 20.1. The molecule has 1 nitrogen and oxygen atoms in total. The number of hydrogen-bond acceptors (Lipinski definition) is 1. The first-order valence-electron chi connectivity index (χ1n) is 12.3. The molecule has 0 aromatic rings. The highest BCUT2D eigenvalue weighted by atomic mass is 16.3. The first kappa shape index (κ1) is 20.7. The maximum atomic E-state index is 10.2. The van der Waals surface area contributed by atoms with Gasteiger partial charge in [-0.2, -0.15) is 0 Å². The first-order chi connectivity index (χ1) is 13.3. The SMILES string of the molecule is CC(C)=CCCC(C)C1CCC2C3=C(CCC21C)C1(C)CC[C@H](O)C[C@@H]1CC3. The zero-order valence-corrected chi connectivity index (χ0v) is 19.2. The van der Waals surface area contributed by atoms with Crippen LogP contribution in [-0.2, 0) is 0 Å². The van der Waals surface area contributed by atoms with Crippen LogP contribution in [0.3, 0.4) is 0 Å². The number of allylic oxidation sites excluding steroid dienone is 4. The monoisotopic (exact) mass is 384 g/mol. The Hall–Kier alpha value is -0.560. The highest BCUT2D eigenvalue weighted by Gasteiger charge is 2.55. The van der Waals surface area contributed by atoms with Crippen molar-refractivity contribution in [1.82, 2.24) is 0 Å². The van der Waals surface area contributed by atoms with Gasteiger partial charge in [0.15, 0.2) is 0 Å². The minimum absolute atomic E-state index is 0.0356. The summed E-state index contributed by atoms with van der Waals surface area (Å²) in [6.45, 7) is 12.2. The molecule has 4 aliphatic rings. The second kappa shape index (κ2) is 7.60. The van der Waals surface area contributed by atoms with Crippen LogP contribution in [0.5, 0.6) is 0 Å². The lowest BCUT2D eigenvalue weighted by atomic mass is 9.50. The van der Waals surface area contributed by atoms with E-state index in [0.29, 0.717) is 10.8 Å². The summed E-state index contributed by atoms with van der Waals surface area (Å²) in [6.07, 6.45) is 16.7. The smallest absolute Gasteiger partial charge is 0.0543 e. The van der Waals surface area contributed by atoms with E-state index >= 15 is 0 Å². The van der Waals surface area contributed by atoms with Crippen LogP contribution in [0.15, 0.2) is 22.8 Å². The molecule has 1 heteroatoms. The normalized spacial score (nSPS) is 43.8. The first-order valence-corrected chi connectivity index (χ1v) is 12.3. The summed E-state index contributed by atoms with van der Waals surface area (Å²) in [4.78, 5) is 0. The van der Waals surface area contributed by atoms with Crippen molar-refractivity contribution in [3.8, 4) is 0 Å². The van der Waals surface area contributed by atoms with E-state index in [1.165, 1.54) is 63.4 Å². The van der Waals surface area contributed by atoms with Crippen molar-refractivity contribution in [1.29, 1.82) is 0 Å². The average molecular weight is 385 g/mol. The van der Waals surface area contributed by atoms with Crippen LogP contribution >= 0.6 is 0 Å². The van der Waals surface area contributed by atoms with Gasteiger partial charge in [-0.05, 0) is 119 Å². The Bertz CT molecular complexity index is 653. The zero-order valence-electron chi connectivity index (χ0n) is 19.2. The van der Waals surface area contributed by atoms with Crippen LogP contribution in [0.1, 0.15) is 105 Å². The molecule has 0 aromatic heterocycles. The van der Waals surface area contributed by atoms with Crippen molar-refractivity contribution in [2.24, 2.45) is 34.5 Å². The summed E-state index contributed by atoms with van der Waals surface area (Å²) in [5.41, 5.74) is 6.19.